The van der Waals surface area contributed by atoms with Crippen LogP contribution in [0.15, 0.2) is 18.2 Å². The fraction of sp³-hybridized carbons (Fsp3) is 0.526. The largest absolute Gasteiger partial charge is 0.474 e. The topological polar surface area (TPSA) is 112 Å². The number of carbonyl (C=O) groups is 2. The first-order valence-corrected chi connectivity index (χ1v) is 12.4. The number of methoxy groups -OCH3 is 1. The summed E-state index contributed by atoms with van der Waals surface area (Å²) in [5, 5.41) is 0.168. The summed E-state index contributed by atoms with van der Waals surface area (Å²) in [6, 6.07) is 4.48. The number of thiocarbonyl (C=S) groups is 1. The lowest BCUT2D eigenvalue weighted by atomic mass is 10.2. The third-order valence-electron chi connectivity index (χ3n) is 5.39. The number of sulfonamides is 1. The molecule has 1 N–H and O–H groups in total. The Morgan fingerprint density at radius 2 is 2.00 bits per heavy atom. The molecule has 0 unspecified atom stereocenters. The van der Waals surface area contributed by atoms with Crippen molar-refractivity contribution < 1.29 is 31.9 Å². The number of carbonyl (C=O) groups excluding carboxylic acids is 2. The van der Waals surface area contributed by atoms with Gasteiger partial charge in [0.2, 0.25) is 15.9 Å². The maximum absolute atomic E-state index is 14.9. The molecule has 2 saturated heterocycles. The van der Waals surface area contributed by atoms with E-state index in [-0.39, 0.29) is 24.2 Å². The van der Waals surface area contributed by atoms with Crippen LogP contribution in [-0.2, 0) is 24.3 Å². The van der Waals surface area contributed by atoms with E-state index in [1.165, 1.54) is 27.9 Å². The highest BCUT2D eigenvalue weighted by Gasteiger charge is 2.36. The summed E-state index contributed by atoms with van der Waals surface area (Å²) in [6.45, 7) is 1.27. The number of rotatable bonds is 6. The molecule has 2 aliphatic rings. The molecular weight excluding hydrogens is 477 g/mol. The Morgan fingerprint density at radius 3 is 2.58 bits per heavy atom. The van der Waals surface area contributed by atoms with Crippen LogP contribution in [0.1, 0.15) is 0 Å². The molecule has 2 aliphatic heterocycles. The minimum absolute atomic E-state index is 0.153. The molecule has 1 atom stereocenters. The van der Waals surface area contributed by atoms with Gasteiger partial charge >= 0.3 is 6.09 Å². The number of piperazine rings is 1. The summed E-state index contributed by atoms with van der Waals surface area (Å²) in [7, 11) is -0.398. The Labute approximate surface area is 197 Å². The van der Waals surface area contributed by atoms with Crippen LogP contribution < -0.4 is 14.5 Å². The van der Waals surface area contributed by atoms with Crippen molar-refractivity contribution in [3.63, 3.8) is 0 Å². The summed E-state index contributed by atoms with van der Waals surface area (Å²) >= 11 is 5.05. The van der Waals surface area contributed by atoms with Gasteiger partial charge in [0.25, 0.3) is 5.17 Å². The second-order valence-electron chi connectivity index (χ2n) is 7.63. The van der Waals surface area contributed by atoms with Gasteiger partial charge in [-0.05, 0) is 30.4 Å². The quantitative estimate of drug-likeness (QED) is 0.543. The highest BCUT2D eigenvalue weighted by atomic mass is 32.2. The van der Waals surface area contributed by atoms with Crippen LogP contribution >= 0.6 is 12.2 Å². The van der Waals surface area contributed by atoms with Gasteiger partial charge in [-0.15, -0.1) is 0 Å². The monoisotopic (exact) mass is 503 g/mol. The molecular formula is C19H26FN5O6S2. The average Bonchev–Trinajstić information content (AvgIpc) is 3.17. The van der Waals surface area contributed by atoms with Crippen molar-refractivity contribution in [2.75, 3.05) is 69.5 Å². The van der Waals surface area contributed by atoms with Crippen LogP contribution in [0.3, 0.4) is 0 Å². The van der Waals surface area contributed by atoms with E-state index in [2.05, 4.69) is 4.72 Å². The number of amides is 2. The zero-order valence-corrected chi connectivity index (χ0v) is 20.1. The van der Waals surface area contributed by atoms with Crippen molar-refractivity contribution in [2.45, 2.75) is 6.23 Å². The Bertz CT molecular complexity index is 1030. The van der Waals surface area contributed by atoms with Gasteiger partial charge in [-0.1, -0.05) is 0 Å². The Kier molecular flexibility index (Phi) is 7.59. The first-order valence-electron chi connectivity index (χ1n) is 10.1. The molecule has 33 heavy (non-hydrogen) atoms. The van der Waals surface area contributed by atoms with Crippen LogP contribution in [0.4, 0.5) is 20.6 Å². The second-order valence-corrected chi connectivity index (χ2v) is 9.81. The fourth-order valence-corrected chi connectivity index (χ4v) is 4.05. The second kappa shape index (κ2) is 10.1. The number of benzene rings is 1. The first-order chi connectivity index (χ1) is 15.5. The van der Waals surface area contributed by atoms with Gasteiger partial charge in [0.1, 0.15) is 5.82 Å². The summed E-state index contributed by atoms with van der Waals surface area (Å²) in [6.07, 6.45) is -0.289. The number of hydrogen-bond acceptors (Lipinski definition) is 8. The lowest BCUT2D eigenvalue weighted by Gasteiger charge is -2.36. The minimum atomic E-state index is -3.46. The number of likely N-dealkylation sites (N-methyl/N-ethyl adjacent to an activating group) is 1. The van der Waals surface area contributed by atoms with Gasteiger partial charge in [0.15, 0.2) is 6.23 Å². The number of cyclic esters (lactones) is 1. The third-order valence-corrected chi connectivity index (χ3v) is 6.52. The lowest BCUT2D eigenvalue weighted by molar-refractivity contribution is -0.130. The van der Waals surface area contributed by atoms with Crippen LogP contribution in [0.25, 0.3) is 0 Å². The van der Waals surface area contributed by atoms with E-state index in [4.69, 9.17) is 21.7 Å². The van der Waals surface area contributed by atoms with Crippen LogP contribution in [0.5, 0.6) is 0 Å². The van der Waals surface area contributed by atoms with Crippen molar-refractivity contribution in [3.05, 3.63) is 24.0 Å². The van der Waals surface area contributed by atoms with E-state index >= 15 is 0 Å². The van der Waals surface area contributed by atoms with Gasteiger partial charge in [0.05, 0.1) is 37.8 Å². The zero-order chi connectivity index (χ0) is 24.3. The predicted molar refractivity (Wildman–Crippen MR) is 123 cm³/mol. The molecule has 0 aliphatic carbocycles. The van der Waals surface area contributed by atoms with Gasteiger partial charge in [0, 0.05) is 33.2 Å². The number of hydrogen-bond donors (Lipinski definition) is 1. The molecule has 0 spiro atoms. The van der Waals surface area contributed by atoms with Gasteiger partial charge in [-0.25, -0.2) is 22.3 Å². The fourth-order valence-electron chi connectivity index (χ4n) is 3.54. The van der Waals surface area contributed by atoms with Crippen LogP contribution in [0.2, 0.25) is 0 Å². The summed E-state index contributed by atoms with van der Waals surface area (Å²) in [4.78, 5) is 30.6. The van der Waals surface area contributed by atoms with Gasteiger partial charge in [-0.2, -0.15) is 0 Å². The summed E-state index contributed by atoms with van der Waals surface area (Å²) in [5.41, 5.74) is 0.697. The van der Waals surface area contributed by atoms with E-state index in [0.29, 0.717) is 37.6 Å². The first kappa shape index (κ1) is 24.9. The van der Waals surface area contributed by atoms with Crippen molar-refractivity contribution >= 4 is 50.8 Å². The molecule has 2 fully saturated rings. The highest BCUT2D eigenvalue weighted by Crippen LogP contribution is 2.29. The highest BCUT2D eigenvalue weighted by molar-refractivity contribution is 7.88. The molecule has 1 aromatic carbocycles. The zero-order valence-electron chi connectivity index (χ0n) is 18.5. The summed E-state index contributed by atoms with van der Waals surface area (Å²) in [5.74, 6) is -0.848. The average molecular weight is 504 g/mol. The van der Waals surface area contributed by atoms with Crippen molar-refractivity contribution in [3.8, 4) is 0 Å². The number of halogens is 1. The van der Waals surface area contributed by atoms with Crippen LogP contribution in [0, 0.1) is 5.82 Å². The van der Waals surface area contributed by atoms with E-state index in [1.807, 2.05) is 0 Å². The Hall–Kier alpha value is -2.71. The van der Waals surface area contributed by atoms with Crippen molar-refractivity contribution in [2.24, 2.45) is 0 Å². The molecule has 2 heterocycles. The molecule has 3 rings (SSSR count). The standard InChI is InChI=1S/C19H26FN5O6S2/c1-22(19(32)30-2)17-12-25(18(27)31-17)13-4-5-15(14(20)10-13)23-6-8-24(9-7-23)16(26)11-21-33(3,28)29/h4-5,10,17,21H,6-9,11-12H2,1-3H3/t17-/m0/s1. The predicted octanol–water partition coefficient (Wildman–Crippen LogP) is 0.169. The molecule has 11 nitrogen and oxygen atoms in total. The molecule has 0 radical (unpaired) electrons. The lowest BCUT2D eigenvalue weighted by Crippen LogP contribution is -2.51. The number of nitrogens with one attached hydrogen (secondary N) is 1. The van der Waals surface area contributed by atoms with Gasteiger partial charge < -0.3 is 19.3 Å². The summed E-state index contributed by atoms with van der Waals surface area (Å²) < 4.78 is 49.7. The van der Waals surface area contributed by atoms with Crippen molar-refractivity contribution in [1.82, 2.24) is 14.5 Å². The minimum Gasteiger partial charge on any atom is -0.474 e. The Balaban J connectivity index is 1.61. The maximum atomic E-state index is 14.9. The third kappa shape index (κ3) is 6.00. The number of ether oxygens (including phenoxy) is 2. The molecule has 182 valence electrons. The molecule has 0 aromatic heterocycles. The van der Waals surface area contributed by atoms with Crippen LogP contribution in [-0.4, -0.2) is 101 Å². The smallest absolute Gasteiger partial charge is 0.416 e. The van der Waals surface area contributed by atoms with Gasteiger partial charge in [-0.3, -0.25) is 14.6 Å². The normalized spacial score (nSPS) is 18.8. The van der Waals surface area contributed by atoms with E-state index < -0.39 is 28.2 Å². The molecule has 2 amide bonds. The molecule has 1 aromatic rings. The van der Waals surface area contributed by atoms with E-state index in [1.54, 1.807) is 24.1 Å². The van der Waals surface area contributed by atoms with Crippen molar-refractivity contribution in [1.29, 1.82) is 0 Å². The molecule has 14 heteroatoms. The molecule has 0 saturated carbocycles. The van der Waals surface area contributed by atoms with E-state index in [0.717, 1.165) is 6.26 Å². The SMILES string of the molecule is COC(=S)N(C)[C@@H]1CN(c2ccc(N3CCN(C(=O)CNS(C)(=O)=O)CC3)c(F)c2)C(=O)O1. The maximum Gasteiger partial charge on any atom is 0.416 e. The number of anilines is 2. The van der Waals surface area contributed by atoms with E-state index in [9.17, 15) is 22.4 Å². The molecule has 0 bridgehead atoms. The number of nitrogens with zero attached hydrogens (tertiary/aromatic N) is 4. The Morgan fingerprint density at radius 1 is 1.33 bits per heavy atom.